The number of nitrogens with one attached hydrogen (secondary N) is 1. The molecule has 2 rings (SSSR count). The largest absolute Gasteiger partial charge is 0.497 e. The standard InChI is InChI=1S/C15H21N3O4/c1-21-12-4-2-11(3-5-12)17-14(19)10-13-15(20)18(7-6-16)8-9-22-13/h2-5,13H,6-10,16H2,1H3,(H,17,19). The number of nitrogens with zero attached hydrogens (tertiary/aromatic N) is 1. The summed E-state index contributed by atoms with van der Waals surface area (Å²) in [5, 5.41) is 2.74. The smallest absolute Gasteiger partial charge is 0.252 e. The summed E-state index contributed by atoms with van der Waals surface area (Å²) >= 11 is 0. The molecule has 1 atom stereocenters. The third-order valence-electron chi connectivity index (χ3n) is 3.41. The Morgan fingerprint density at radius 3 is 2.82 bits per heavy atom. The molecule has 1 aromatic rings. The van der Waals surface area contributed by atoms with Crippen molar-refractivity contribution in [2.45, 2.75) is 12.5 Å². The van der Waals surface area contributed by atoms with Crippen molar-refractivity contribution in [3.8, 4) is 5.75 Å². The molecule has 3 N–H and O–H groups in total. The molecule has 7 heteroatoms. The lowest BCUT2D eigenvalue weighted by Crippen LogP contribution is -2.50. The molecule has 7 nitrogen and oxygen atoms in total. The number of carbonyl (C=O) groups is 2. The van der Waals surface area contributed by atoms with Crippen LogP contribution in [0.4, 0.5) is 5.69 Å². The summed E-state index contributed by atoms with van der Waals surface area (Å²) < 4.78 is 10.5. The van der Waals surface area contributed by atoms with E-state index < -0.39 is 6.10 Å². The zero-order valence-corrected chi connectivity index (χ0v) is 12.6. The molecule has 0 aliphatic carbocycles. The summed E-state index contributed by atoms with van der Waals surface area (Å²) in [6.07, 6.45) is -0.745. The highest BCUT2D eigenvalue weighted by atomic mass is 16.5. The Bertz CT molecular complexity index is 516. The van der Waals surface area contributed by atoms with Crippen molar-refractivity contribution < 1.29 is 19.1 Å². The Hall–Kier alpha value is -2.12. The Labute approximate surface area is 129 Å². The first-order chi connectivity index (χ1) is 10.6. The van der Waals surface area contributed by atoms with Crippen molar-refractivity contribution in [2.75, 3.05) is 38.7 Å². The SMILES string of the molecule is COc1ccc(NC(=O)CC2OCCN(CCN)C2=O)cc1. The molecule has 120 valence electrons. The molecule has 0 bridgehead atoms. The van der Waals surface area contributed by atoms with Gasteiger partial charge in [-0.2, -0.15) is 0 Å². The third kappa shape index (κ3) is 4.19. The van der Waals surface area contributed by atoms with E-state index >= 15 is 0 Å². The number of ether oxygens (including phenoxy) is 2. The fraction of sp³-hybridized carbons (Fsp3) is 0.467. The summed E-state index contributed by atoms with van der Waals surface area (Å²) in [6, 6.07) is 6.98. The highest BCUT2D eigenvalue weighted by Crippen LogP contribution is 2.16. The molecule has 1 unspecified atom stereocenters. The van der Waals surface area contributed by atoms with E-state index in [1.807, 2.05) is 0 Å². The van der Waals surface area contributed by atoms with Crippen LogP contribution in [-0.2, 0) is 14.3 Å². The maximum Gasteiger partial charge on any atom is 0.252 e. The molecule has 1 aliphatic heterocycles. The van der Waals surface area contributed by atoms with E-state index in [4.69, 9.17) is 15.2 Å². The maximum atomic E-state index is 12.1. The van der Waals surface area contributed by atoms with Crippen LogP contribution in [0.1, 0.15) is 6.42 Å². The molecule has 1 aliphatic rings. The van der Waals surface area contributed by atoms with Gasteiger partial charge in [0.25, 0.3) is 5.91 Å². The van der Waals surface area contributed by atoms with Gasteiger partial charge in [-0.25, -0.2) is 0 Å². The normalized spacial score (nSPS) is 18.2. The molecule has 0 spiro atoms. The van der Waals surface area contributed by atoms with Crippen molar-refractivity contribution >= 4 is 17.5 Å². The van der Waals surface area contributed by atoms with Crippen molar-refractivity contribution in [3.05, 3.63) is 24.3 Å². The molecule has 0 saturated carbocycles. The first-order valence-corrected chi connectivity index (χ1v) is 7.18. The predicted molar refractivity (Wildman–Crippen MR) is 81.6 cm³/mol. The number of hydrogen-bond acceptors (Lipinski definition) is 5. The minimum atomic E-state index is -0.737. The zero-order valence-electron chi connectivity index (χ0n) is 12.6. The van der Waals surface area contributed by atoms with Crippen LogP contribution in [0.25, 0.3) is 0 Å². The molecule has 1 fully saturated rings. The predicted octanol–water partition coefficient (Wildman–Crippen LogP) is 0.210. The molecule has 1 saturated heterocycles. The van der Waals surface area contributed by atoms with Crippen LogP contribution in [0, 0.1) is 0 Å². The van der Waals surface area contributed by atoms with Gasteiger partial charge in [0.05, 0.1) is 20.1 Å². The second-order valence-corrected chi connectivity index (χ2v) is 4.95. The summed E-state index contributed by atoms with van der Waals surface area (Å²) in [5.41, 5.74) is 6.12. The third-order valence-corrected chi connectivity index (χ3v) is 3.41. The van der Waals surface area contributed by atoms with Gasteiger partial charge >= 0.3 is 0 Å². The Morgan fingerprint density at radius 2 is 2.18 bits per heavy atom. The number of amides is 2. The van der Waals surface area contributed by atoms with Crippen molar-refractivity contribution in [2.24, 2.45) is 5.73 Å². The van der Waals surface area contributed by atoms with Crippen LogP contribution in [-0.4, -0.2) is 56.2 Å². The quantitative estimate of drug-likeness (QED) is 0.783. The zero-order chi connectivity index (χ0) is 15.9. The van der Waals surface area contributed by atoms with Crippen molar-refractivity contribution in [3.63, 3.8) is 0 Å². The Balaban J connectivity index is 1.89. The van der Waals surface area contributed by atoms with Gasteiger partial charge in [0.15, 0.2) is 0 Å². The van der Waals surface area contributed by atoms with Crippen LogP contribution in [0.5, 0.6) is 5.75 Å². The van der Waals surface area contributed by atoms with E-state index in [-0.39, 0.29) is 18.2 Å². The van der Waals surface area contributed by atoms with Gasteiger partial charge in [-0.3, -0.25) is 9.59 Å². The minimum absolute atomic E-state index is 0.00800. The van der Waals surface area contributed by atoms with Gasteiger partial charge < -0.3 is 25.4 Å². The lowest BCUT2D eigenvalue weighted by molar-refractivity contribution is -0.154. The summed E-state index contributed by atoms with van der Waals surface area (Å²) in [5.74, 6) is 0.265. The number of anilines is 1. The van der Waals surface area contributed by atoms with Gasteiger partial charge in [0.2, 0.25) is 5.91 Å². The van der Waals surface area contributed by atoms with E-state index in [1.54, 1.807) is 36.3 Å². The second kappa shape index (κ2) is 7.77. The Kier molecular flexibility index (Phi) is 5.74. The highest BCUT2D eigenvalue weighted by Gasteiger charge is 2.30. The van der Waals surface area contributed by atoms with E-state index in [0.717, 1.165) is 0 Å². The summed E-state index contributed by atoms with van der Waals surface area (Å²) in [4.78, 5) is 25.8. The van der Waals surface area contributed by atoms with E-state index in [1.165, 1.54) is 0 Å². The van der Waals surface area contributed by atoms with Gasteiger partial charge in [-0.15, -0.1) is 0 Å². The molecule has 0 radical (unpaired) electrons. The minimum Gasteiger partial charge on any atom is -0.497 e. The van der Waals surface area contributed by atoms with Crippen molar-refractivity contribution in [1.82, 2.24) is 4.90 Å². The molecule has 1 aromatic carbocycles. The number of carbonyl (C=O) groups excluding carboxylic acids is 2. The monoisotopic (exact) mass is 307 g/mol. The van der Waals surface area contributed by atoms with Gasteiger partial charge in [0.1, 0.15) is 11.9 Å². The topological polar surface area (TPSA) is 93.9 Å². The van der Waals surface area contributed by atoms with E-state index in [0.29, 0.717) is 37.7 Å². The van der Waals surface area contributed by atoms with Crippen LogP contribution < -0.4 is 15.8 Å². The maximum absolute atomic E-state index is 12.1. The number of methoxy groups -OCH3 is 1. The summed E-state index contributed by atoms with van der Waals surface area (Å²) in [6.45, 7) is 1.83. The Morgan fingerprint density at radius 1 is 1.45 bits per heavy atom. The number of nitrogens with two attached hydrogens (primary N) is 1. The first-order valence-electron chi connectivity index (χ1n) is 7.18. The van der Waals surface area contributed by atoms with Crippen molar-refractivity contribution in [1.29, 1.82) is 0 Å². The average Bonchev–Trinajstić information content (AvgIpc) is 2.52. The molecule has 0 aromatic heterocycles. The molecule has 2 amide bonds. The number of morpholine rings is 1. The molecule has 1 heterocycles. The fourth-order valence-electron chi connectivity index (χ4n) is 2.27. The number of hydrogen-bond donors (Lipinski definition) is 2. The molecular weight excluding hydrogens is 286 g/mol. The van der Waals surface area contributed by atoms with Crippen LogP contribution in [0.2, 0.25) is 0 Å². The van der Waals surface area contributed by atoms with Crippen LogP contribution >= 0.6 is 0 Å². The van der Waals surface area contributed by atoms with Gasteiger partial charge in [-0.05, 0) is 24.3 Å². The first kappa shape index (κ1) is 16.3. The van der Waals surface area contributed by atoms with Gasteiger partial charge in [-0.1, -0.05) is 0 Å². The van der Waals surface area contributed by atoms with Crippen LogP contribution in [0.15, 0.2) is 24.3 Å². The lowest BCUT2D eigenvalue weighted by Gasteiger charge is -2.31. The molecule has 22 heavy (non-hydrogen) atoms. The summed E-state index contributed by atoms with van der Waals surface area (Å²) in [7, 11) is 1.58. The van der Waals surface area contributed by atoms with Crippen LogP contribution in [0.3, 0.4) is 0 Å². The lowest BCUT2D eigenvalue weighted by atomic mass is 10.1. The molecular formula is C15H21N3O4. The number of benzene rings is 1. The van der Waals surface area contributed by atoms with Gasteiger partial charge in [0, 0.05) is 25.3 Å². The van der Waals surface area contributed by atoms with E-state index in [2.05, 4.69) is 5.32 Å². The average molecular weight is 307 g/mol. The second-order valence-electron chi connectivity index (χ2n) is 4.95. The highest BCUT2D eigenvalue weighted by molar-refractivity contribution is 5.95. The fourth-order valence-corrected chi connectivity index (χ4v) is 2.27. The number of rotatable bonds is 6. The van der Waals surface area contributed by atoms with E-state index in [9.17, 15) is 9.59 Å².